The van der Waals surface area contributed by atoms with Gasteiger partial charge in [0.1, 0.15) is 5.60 Å². The number of aliphatic hydroxyl groups excluding tert-OH is 2. The van der Waals surface area contributed by atoms with Crippen molar-refractivity contribution in [1.82, 2.24) is 0 Å². The van der Waals surface area contributed by atoms with Gasteiger partial charge in [-0.3, -0.25) is 4.79 Å². The van der Waals surface area contributed by atoms with E-state index in [0.29, 0.717) is 0 Å². The third-order valence-electron chi connectivity index (χ3n) is 1.44. The molecule has 2 unspecified atom stereocenters. The molecule has 0 spiro atoms. The number of carbonyl (C=O) groups is 1. The summed E-state index contributed by atoms with van der Waals surface area (Å²) in [4.78, 5) is 11.2. The molecule has 0 aliphatic heterocycles. The first-order valence-corrected chi connectivity index (χ1v) is 4.78. The van der Waals surface area contributed by atoms with E-state index in [2.05, 4.69) is 0 Å². The van der Waals surface area contributed by atoms with E-state index >= 15 is 0 Å². The second-order valence-electron chi connectivity index (χ2n) is 4.53. The molecule has 0 saturated heterocycles. The van der Waals surface area contributed by atoms with Crippen LogP contribution in [0.15, 0.2) is 0 Å². The van der Waals surface area contributed by atoms with Crippen molar-refractivity contribution < 1.29 is 19.7 Å². The van der Waals surface area contributed by atoms with Gasteiger partial charge in [0.2, 0.25) is 0 Å². The van der Waals surface area contributed by atoms with E-state index in [-0.39, 0.29) is 12.8 Å². The minimum atomic E-state index is -0.829. The van der Waals surface area contributed by atoms with E-state index in [1.807, 2.05) is 0 Å². The molecule has 0 radical (unpaired) electrons. The van der Waals surface area contributed by atoms with Gasteiger partial charge in [-0.25, -0.2) is 0 Å². The van der Waals surface area contributed by atoms with Crippen molar-refractivity contribution in [2.24, 2.45) is 0 Å². The van der Waals surface area contributed by atoms with Crippen LogP contribution in [0.2, 0.25) is 0 Å². The molecule has 2 atom stereocenters. The second kappa shape index (κ2) is 5.32. The molecule has 4 heteroatoms. The summed E-state index contributed by atoms with van der Waals surface area (Å²) < 4.78 is 5.01. The van der Waals surface area contributed by atoms with Crippen LogP contribution in [0.4, 0.5) is 0 Å². The third kappa shape index (κ3) is 8.01. The number of aliphatic hydroxyl groups is 2. The average Bonchev–Trinajstić information content (AvgIpc) is 1.77. The third-order valence-corrected chi connectivity index (χ3v) is 1.44. The van der Waals surface area contributed by atoms with E-state index in [0.717, 1.165) is 0 Å². The molecular formula is C10H20O4. The van der Waals surface area contributed by atoms with Crippen LogP contribution in [0, 0.1) is 0 Å². The van der Waals surface area contributed by atoms with Crippen molar-refractivity contribution in [3.63, 3.8) is 0 Å². The van der Waals surface area contributed by atoms with Crippen molar-refractivity contribution in [2.45, 2.75) is 58.3 Å². The quantitative estimate of drug-likeness (QED) is 0.666. The van der Waals surface area contributed by atoms with Gasteiger partial charge in [0.15, 0.2) is 0 Å². The SMILES string of the molecule is CC(O)CC(O)CC(=O)OC(C)(C)C. The Hall–Kier alpha value is -0.610. The molecule has 4 nitrogen and oxygen atoms in total. The maximum absolute atomic E-state index is 11.2. The first kappa shape index (κ1) is 13.4. The lowest BCUT2D eigenvalue weighted by Crippen LogP contribution is -2.27. The molecule has 0 heterocycles. The van der Waals surface area contributed by atoms with Gasteiger partial charge >= 0.3 is 5.97 Å². The fourth-order valence-corrected chi connectivity index (χ4v) is 1.05. The Balaban J connectivity index is 3.83. The van der Waals surface area contributed by atoms with Crippen LogP contribution < -0.4 is 0 Å². The topological polar surface area (TPSA) is 66.8 Å². The molecule has 0 aliphatic rings. The number of carbonyl (C=O) groups excluding carboxylic acids is 1. The lowest BCUT2D eigenvalue weighted by atomic mass is 10.1. The molecule has 0 bridgehead atoms. The summed E-state index contributed by atoms with van der Waals surface area (Å²) >= 11 is 0. The van der Waals surface area contributed by atoms with Crippen LogP contribution in [0.1, 0.15) is 40.5 Å². The number of hydrogen-bond donors (Lipinski definition) is 2. The summed E-state index contributed by atoms with van der Waals surface area (Å²) in [5.41, 5.74) is -0.526. The van der Waals surface area contributed by atoms with Crippen molar-refractivity contribution in [2.75, 3.05) is 0 Å². The maximum atomic E-state index is 11.2. The molecule has 0 aromatic rings. The molecule has 0 saturated carbocycles. The second-order valence-corrected chi connectivity index (χ2v) is 4.53. The fourth-order valence-electron chi connectivity index (χ4n) is 1.05. The number of rotatable bonds is 4. The highest BCUT2D eigenvalue weighted by molar-refractivity contribution is 5.70. The summed E-state index contributed by atoms with van der Waals surface area (Å²) in [7, 11) is 0. The minimum Gasteiger partial charge on any atom is -0.460 e. The van der Waals surface area contributed by atoms with E-state index in [1.54, 1.807) is 27.7 Å². The smallest absolute Gasteiger partial charge is 0.308 e. The number of ether oxygens (including phenoxy) is 1. The number of esters is 1. The average molecular weight is 204 g/mol. The molecule has 0 rings (SSSR count). The molecule has 2 N–H and O–H groups in total. The van der Waals surface area contributed by atoms with Crippen molar-refractivity contribution in [3.8, 4) is 0 Å². The monoisotopic (exact) mass is 204 g/mol. The molecule has 0 aliphatic carbocycles. The molecule has 84 valence electrons. The Morgan fingerprint density at radius 2 is 1.86 bits per heavy atom. The van der Waals surface area contributed by atoms with Gasteiger partial charge in [0, 0.05) is 0 Å². The van der Waals surface area contributed by atoms with Crippen molar-refractivity contribution in [1.29, 1.82) is 0 Å². The predicted molar refractivity (Wildman–Crippen MR) is 52.8 cm³/mol. The Morgan fingerprint density at radius 3 is 2.21 bits per heavy atom. The standard InChI is InChI=1S/C10H20O4/c1-7(11)5-8(12)6-9(13)14-10(2,3)4/h7-8,11-12H,5-6H2,1-4H3. The Kier molecular flexibility index (Phi) is 5.08. The summed E-state index contributed by atoms with van der Waals surface area (Å²) in [5, 5.41) is 18.3. The summed E-state index contributed by atoms with van der Waals surface area (Å²) in [6.07, 6.45) is -1.31. The lowest BCUT2D eigenvalue weighted by molar-refractivity contribution is -0.157. The zero-order chi connectivity index (χ0) is 11.4. The molecule has 14 heavy (non-hydrogen) atoms. The summed E-state index contributed by atoms with van der Waals surface area (Å²) in [5.74, 6) is -0.439. The van der Waals surface area contributed by atoms with E-state index in [1.165, 1.54) is 0 Å². The summed E-state index contributed by atoms with van der Waals surface area (Å²) in [6.45, 7) is 6.88. The zero-order valence-electron chi connectivity index (χ0n) is 9.28. The van der Waals surface area contributed by atoms with Crippen LogP contribution in [0.3, 0.4) is 0 Å². The largest absolute Gasteiger partial charge is 0.460 e. The van der Waals surface area contributed by atoms with Crippen LogP contribution in [0.25, 0.3) is 0 Å². The molecule has 0 aromatic heterocycles. The Morgan fingerprint density at radius 1 is 1.36 bits per heavy atom. The lowest BCUT2D eigenvalue weighted by Gasteiger charge is -2.20. The highest BCUT2D eigenvalue weighted by Gasteiger charge is 2.19. The predicted octanol–water partition coefficient (Wildman–Crippen LogP) is 0.850. The number of hydrogen-bond acceptors (Lipinski definition) is 4. The normalized spacial score (nSPS) is 16.1. The van der Waals surface area contributed by atoms with Crippen LogP contribution >= 0.6 is 0 Å². The zero-order valence-corrected chi connectivity index (χ0v) is 9.28. The summed E-state index contributed by atoms with van der Waals surface area (Å²) in [6, 6.07) is 0. The van der Waals surface area contributed by atoms with Crippen molar-refractivity contribution >= 4 is 5.97 Å². The van der Waals surface area contributed by atoms with Gasteiger partial charge in [-0.1, -0.05) is 0 Å². The van der Waals surface area contributed by atoms with Crippen LogP contribution in [-0.2, 0) is 9.53 Å². The Bertz CT molecular complexity index is 181. The van der Waals surface area contributed by atoms with Gasteiger partial charge in [-0.05, 0) is 34.1 Å². The molecule has 0 amide bonds. The maximum Gasteiger partial charge on any atom is 0.308 e. The van der Waals surface area contributed by atoms with Gasteiger partial charge in [0.05, 0.1) is 18.6 Å². The van der Waals surface area contributed by atoms with E-state index < -0.39 is 23.8 Å². The first-order chi connectivity index (χ1) is 6.20. The molecule has 0 aromatic carbocycles. The van der Waals surface area contributed by atoms with Gasteiger partial charge in [0.25, 0.3) is 0 Å². The molecular weight excluding hydrogens is 184 g/mol. The first-order valence-electron chi connectivity index (χ1n) is 4.78. The highest BCUT2D eigenvalue weighted by atomic mass is 16.6. The van der Waals surface area contributed by atoms with E-state index in [4.69, 9.17) is 9.84 Å². The van der Waals surface area contributed by atoms with Gasteiger partial charge in [-0.2, -0.15) is 0 Å². The van der Waals surface area contributed by atoms with E-state index in [9.17, 15) is 9.90 Å². The minimum absolute atomic E-state index is 0.0673. The molecule has 0 fully saturated rings. The fraction of sp³-hybridized carbons (Fsp3) is 0.900. The highest BCUT2D eigenvalue weighted by Crippen LogP contribution is 2.10. The Labute approximate surface area is 84.9 Å². The van der Waals surface area contributed by atoms with Gasteiger partial charge in [-0.15, -0.1) is 0 Å². The van der Waals surface area contributed by atoms with Gasteiger partial charge < -0.3 is 14.9 Å². The van der Waals surface area contributed by atoms with Crippen LogP contribution in [-0.4, -0.2) is 34.0 Å². The van der Waals surface area contributed by atoms with Crippen molar-refractivity contribution in [3.05, 3.63) is 0 Å². The van der Waals surface area contributed by atoms with Crippen LogP contribution in [0.5, 0.6) is 0 Å².